The van der Waals surface area contributed by atoms with E-state index >= 15 is 0 Å². The molecule has 0 fully saturated rings. The summed E-state index contributed by atoms with van der Waals surface area (Å²) in [4.78, 5) is 0. The molecule has 0 spiro atoms. The summed E-state index contributed by atoms with van der Waals surface area (Å²) in [5.74, 6) is 0.755. The van der Waals surface area contributed by atoms with Crippen LogP contribution in [0, 0.1) is 6.07 Å². The minimum atomic E-state index is -1.78. The van der Waals surface area contributed by atoms with Gasteiger partial charge in [-0.25, -0.2) is 0 Å². The molecule has 0 aliphatic rings. The standard InChI is InChI=1S/C12H18ClOSi/c1-12(2,3)15(4,5)14-11-9-7-6-8-10(11)13/h6,8-9H,1-5H3. The highest BCUT2D eigenvalue weighted by Gasteiger charge is 2.39. The molecule has 0 amide bonds. The van der Waals surface area contributed by atoms with E-state index in [1.54, 1.807) is 6.07 Å². The van der Waals surface area contributed by atoms with Crippen LogP contribution in [0.25, 0.3) is 0 Å². The number of halogens is 1. The third kappa shape index (κ3) is 2.99. The molecule has 1 radical (unpaired) electrons. The zero-order valence-corrected chi connectivity index (χ0v) is 11.8. The molecule has 83 valence electrons. The van der Waals surface area contributed by atoms with Gasteiger partial charge in [0.1, 0.15) is 5.75 Å². The predicted molar refractivity (Wildman–Crippen MR) is 68.1 cm³/mol. The topological polar surface area (TPSA) is 9.23 Å². The Labute approximate surface area is 98.5 Å². The summed E-state index contributed by atoms with van der Waals surface area (Å²) in [6.45, 7) is 11.0. The second-order valence-electron chi connectivity index (χ2n) is 5.22. The maximum absolute atomic E-state index is 6.07. The molecule has 0 bridgehead atoms. The van der Waals surface area contributed by atoms with Crippen molar-refractivity contribution in [2.45, 2.75) is 38.9 Å². The summed E-state index contributed by atoms with van der Waals surface area (Å²) < 4.78 is 6.07. The third-order valence-corrected chi connectivity index (χ3v) is 7.60. The normalized spacial score (nSPS) is 12.7. The van der Waals surface area contributed by atoms with E-state index in [9.17, 15) is 0 Å². The van der Waals surface area contributed by atoms with Crippen molar-refractivity contribution < 1.29 is 4.43 Å². The average Bonchev–Trinajstić information content (AvgIpc) is 2.06. The lowest BCUT2D eigenvalue weighted by molar-refractivity contribution is 0.492. The fraction of sp³-hybridized carbons (Fsp3) is 0.500. The minimum absolute atomic E-state index is 0.187. The molecule has 0 N–H and O–H groups in total. The SMILES string of the molecule is CC(C)(C)[Si](C)(C)Oc1c[c]ccc1Cl. The van der Waals surface area contributed by atoms with Crippen LogP contribution >= 0.6 is 11.6 Å². The Kier molecular flexibility index (Phi) is 3.51. The first-order valence-electron chi connectivity index (χ1n) is 5.09. The molecule has 0 aliphatic heterocycles. The summed E-state index contributed by atoms with van der Waals surface area (Å²) in [5.41, 5.74) is 0. The Hall–Kier alpha value is -0.473. The Bertz CT molecular complexity index is 342. The van der Waals surface area contributed by atoms with Gasteiger partial charge in [0.2, 0.25) is 0 Å². The van der Waals surface area contributed by atoms with Crippen molar-refractivity contribution >= 4 is 19.9 Å². The monoisotopic (exact) mass is 241 g/mol. The molecule has 1 nitrogen and oxygen atoms in total. The van der Waals surface area contributed by atoms with Crippen molar-refractivity contribution in [3.05, 3.63) is 29.3 Å². The van der Waals surface area contributed by atoms with E-state index in [0.29, 0.717) is 5.02 Å². The molecule has 15 heavy (non-hydrogen) atoms. The van der Waals surface area contributed by atoms with Crippen molar-refractivity contribution in [2.75, 3.05) is 0 Å². The van der Waals surface area contributed by atoms with Crippen LogP contribution in [-0.4, -0.2) is 8.32 Å². The molecular weight excluding hydrogens is 224 g/mol. The van der Waals surface area contributed by atoms with Crippen molar-refractivity contribution in [2.24, 2.45) is 0 Å². The fourth-order valence-corrected chi connectivity index (χ4v) is 2.15. The molecule has 3 heteroatoms. The van der Waals surface area contributed by atoms with Crippen LogP contribution in [0.1, 0.15) is 20.8 Å². The molecule has 0 unspecified atom stereocenters. The van der Waals surface area contributed by atoms with Gasteiger partial charge in [0, 0.05) is 0 Å². The van der Waals surface area contributed by atoms with Crippen LogP contribution in [0.3, 0.4) is 0 Å². The minimum Gasteiger partial charge on any atom is -0.542 e. The zero-order valence-electron chi connectivity index (χ0n) is 10.0. The lowest BCUT2D eigenvalue weighted by Crippen LogP contribution is -2.43. The van der Waals surface area contributed by atoms with Gasteiger partial charge in [0.25, 0.3) is 8.32 Å². The van der Waals surface area contributed by atoms with Crippen molar-refractivity contribution in [3.8, 4) is 5.75 Å². The number of hydrogen-bond donors (Lipinski definition) is 0. The highest BCUT2D eigenvalue weighted by atomic mass is 35.5. The average molecular weight is 242 g/mol. The van der Waals surface area contributed by atoms with Gasteiger partial charge in [-0.1, -0.05) is 38.4 Å². The van der Waals surface area contributed by atoms with Crippen molar-refractivity contribution in [1.29, 1.82) is 0 Å². The van der Waals surface area contributed by atoms with Crippen LogP contribution in [-0.2, 0) is 0 Å². The molecule has 0 aliphatic carbocycles. The van der Waals surface area contributed by atoms with Crippen molar-refractivity contribution in [1.82, 2.24) is 0 Å². The van der Waals surface area contributed by atoms with Gasteiger partial charge in [-0.2, -0.15) is 0 Å². The maximum Gasteiger partial charge on any atom is 0.250 e. The first-order chi connectivity index (χ1) is 6.74. The highest BCUT2D eigenvalue weighted by molar-refractivity contribution is 6.74. The molecular formula is C12H18ClOSi. The Morgan fingerprint density at radius 2 is 1.93 bits per heavy atom. The van der Waals surface area contributed by atoms with Gasteiger partial charge in [-0.15, -0.1) is 0 Å². The first kappa shape index (κ1) is 12.6. The van der Waals surface area contributed by atoms with Gasteiger partial charge in [0.15, 0.2) is 0 Å². The van der Waals surface area contributed by atoms with Gasteiger partial charge >= 0.3 is 0 Å². The molecule has 0 saturated heterocycles. The maximum atomic E-state index is 6.07. The Balaban J connectivity index is 2.92. The lowest BCUT2D eigenvalue weighted by atomic mass is 10.2. The summed E-state index contributed by atoms with van der Waals surface area (Å²) in [5, 5.41) is 0.852. The quantitative estimate of drug-likeness (QED) is 0.692. The third-order valence-electron chi connectivity index (χ3n) is 2.95. The van der Waals surface area contributed by atoms with Gasteiger partial charge in [-0.05, 0) is 36.3 Å². The van der Waals surface area contributed by atoms with E-state index in [2.05, 4.69) is 39.9 Å². The van der Waals surface area contributed by atoms with Crippen LogP contribution in [0.15, 0.2) is 18.2 Å². The van der Waals surface area contributed by atoms with E-state index in [4.69, 9.17) is 16.0 Å². The molecule has 0 aromatic heterocycles. The van der Waals surface area contributed by atoms with E-state index < -0.39 is 8.32 Å². The molecule has 1 aromatic carbocycles. The number of rotatable bonds is 2. The zero-order chi connectivity index (χ0) is 11.7. The molecule has 0 atom stereocenters. The van der Waals surface area contributed by atoms with Gasteiger partial charge < -0.3 is 4.43 Å². The molecule has 0 heterocycles. The van der Waals surface area contributed by atoms with Gasteiger partial charge in [-0.3, -0.25) is 0 Å². The van der Waals surface area contributed by atoms with E-state index in [1.165, 1.54) is 0 Å². The largest absolute Gasteiger partial charge is 0.542 e. The Morgan fingerprint density at radius 3 is 2.40 bits per heavy atom. The summed E-state index contributed by atoms with van der Waals surface area (Å²) >= 11 is 6.06. The van der Waals surface area contributed by atoms with Crippen LogP contribution in [0.2, 0.25) is 23.2 Å². The number of benzene rings is 1. The van der Waals surface area contributed by atoms with Gasteiger partial charge in [0.05, 0.1) is 5.02 Å². The summed E-state index contributed by atoms with van der Waals surface area (Å²) in [7, 11) is -1.78. The second-order valence-corrected chi connectivity index (χ2v) is 10.4. The highest BCUT2D eigenvalue weighted by Crippen LogP contribution is 2.38. The van der Waals surface area contributed by atoms with Crippen molar-refractivity contribution in [3.63, 3.8) is 0 Å². The van der Waals surface area contributed by atoms with E-state index in [1.807, 2.05) is 12.1 Å². The lowest BCUT2D eigenvalue weighted by Gasteiger charge is -2.36. The van der Waals surface area contributed by atoms with E-state index in [-0.39, 0.29) is 5.04 Å². The molecule has 1 aromatic rings. The van der Waals surface area contributed by atoms with E-state index in [0.717, 1.165) is 5.75 Å². The number of hydrogen-bond acceptors (Lipinski definition) is 1. The summed E-state index contributed by atoms with van der Waals surface area (Å²) in [6, 6.07) is 8.40. The van der Waals surface area contributed by atoms with Crippen LogP contribution < -0.4 is 4.43 Å². The summed E-state index contributed by atoms with van der Waals surface area (Å²) in [6.07, 6.45) is 0. The predicted octanol–water partition coefficient (Wildman–Crippen LogP) is 4.52. The first-order valence-corrected chi connectivity index (χ1v) is 8.37. The van der Waals surface area contributed by atoms with Crippen LogP contribution in [0.4, 0.5) is 0 Å². The fourth-order valence-electron chi connectivity index (χ4n) is 0.902. The molecule has 0 saturated carbocycles. The van der Waals surface area contributed by atoms with Crippen LogP contribution in [0.5, 0.6) is 5.75 Å². The molecule has 1 rings (SSSR count). The second kappa shape index (κ2) is 4.18. The smallest absolute Gasteiger partial charge is 0.250 e. The Morgan fingerprint density at radius 1 is 1.33 bits per heavy atom.